The van der Waals surface area contributed by atoms with Crippen molar-refractivity contribution in [3.05, 3.63) is 84.7 Å². The van der Waals surface area contributed by atoms with E-state index >= 15 is 0 Å². The molecule has 7 nitrogen and oxygen atoms in total. The molecule has 0 saturated carbocycles. The van der Waals surface area contributed by atoms with Gasteiger partial charge in [-0.15, -0.1) is 0 Å². The van der Waals surface area contributed by atoms with Crippen LogP contribution >= 0.6 is 0 Å². The van der Waals surface area contributed by atoms with Gasteiger partial charge in [-0.25, -0.2) is 13.4 Å². The molecule has 1 N–H and O–H groups in total. The number of hydrogen-bond acceptors (Lipinski definition) is 5. The predicted octanol–water partition coefficient (Wildman–Crippen LogP) is 3.70. The first-order valence-corrected chi connectivity index (χ1v) is 11.3. The fourth-order valence-corrected chi connectivity index (χ4v) is 4.59. The van der Waals surface area contributed by atoms with Crippen LogP contribution in [0.25, 0.3) is 22.2 Å². The maximum atomic E-state index is 12.7. The third-order valence-corrected chi connectivity index (χ3v) is 6.97. The molecule has 1 aliphatic heterocycles. The first-order valence-electron chi connectivity index (χ1n) is 9.73. The number of hydrogen-bond donors (Lipinski definition) is 1. The van der Waals surface area contributed by atoms with E-state index in [0.29, 0.717) is 23.5 Å². The maximum Gasteiger partial charge on any atom is 0.255 e. The van der Waals surface area contributed by atoms with Gasteiger partial charge in [0.25, 0.3) is 5.91 Å². The molecule has 2 aromatic carbocycles. The molecule has 0 bridgehead atoms. The number of nitrogens with zero attached hydrogens (tertiary/aromatic N) is 3. The summed E-state index contributed by atoms with van der Waals surface area (Å²) in [4.78, 5) is 21.4. The number of benzene rings is 2. The maximum absolute atomic E-state index is 12.7. The Labute approximate surface area is 179 Å². The normalized spacial score (nSPS) is 14.8. The summed E-state index contributed by atoms with van der Waals surface area (Å²) in [7, 11) is -3.18. The lowest BCUT2D eigenvalue weighted by Gasteiger charge is -2.32. The summed E-state index contributed by atoms with van der Waals surface area (Å²) in [5, 5.41) is 3.85. The molecule has 0 radical (unpaired) electrons. The Hall–Kier alpha value is -3.78. The molecule has 0 atom stereocenters. The summed E-state index contributed by atoms with van der Waals surface area (Å²) in [6.07, 6.45) is 3.48. The van der Waals surface area contributed by atoms with E-state index in [9.17, 15) is 13.2 Å². The van der Waals surface area contributed by atoms with Crippen molar-refractivity contribution in [3.63, 3.8) is 0 Å². The van der Waals surface area contributed by atoms with Crippen molar-refractivity contribution in [3.8, 4) is 11.3 Å². The van der Waals surface area contributed by atoms with Crippen LogP contribution in [0.15, 0.2) is 79.1 Å². The van der Waals surface area contributed by atoms with Crippen molar-refractivity contribution < 1.29 is 13.2 Å². The average molecular weight is 430 g/mol. The first-order chi connectivity index (χ1) is 15.0. The fourth-order valence-electron chi connectivity index (χ4n) is 3.49. The number of carbonyl (C=O) groups is 1. The third-order valence-electron chi connectivity index (χ3n) is 5.21. The van der Waals surface area contributed by atoms with Crippen LogP contribution in [-0.2, 0) is 10.0 Å². The van der Waals surface area contributed by atoms with Gasteiger partial charge in [-0.05, 0) is 54.6 Å². The number of nitrogens with one attached hydrogen (secondary N) is 1. The quantitative estimate of drug-likeness (QED) is 0.533. The molecule has 154 valence electrons. The molecule has 0 spiro atoms. The second-order valence-electron chi connectivity index (χ2n) is 7.23. The van der Waals surface area contributed by atoms with E-state index in [1.165, 1.54) is 4.31 Å². The van der Waals surface area contributed by atoms with Crippen molar-refractivity contribution in [2.75, 3.05) is 21.9 Å². The Morgan fingerprint density at radius 1 is 1.00 bits per heavy atom. The van der Waals surface area contributed by atoms with E-state index in [-0.39, 0.29) is 11.7 Å². The van der Waals surface area contributed by atoms with E-state index in [1.807, 2.05) is 42.5 Å². The Morgan fingerprint density at radius 2 is 1.84 bits per heavy atom. The minimum absolute atomic E-state index is 0.161. The molecule has 5 rings (SSSR count). The number of anilines is 2. The highest BCUT2D eigenvalue weighted by atomic mass is 32.2. The van der Waals surface area contributed by atoms with Crippen LogP contribution in [0.1, 0.15) is 10.4 Å². The van der Waals surface area contributed by atoms with Crippen LogP contribution in [0, 0.1) is 0 Å². The summed E-state index contributed by atoms with van der Waals surface area (Å²) in [5.74, 6) is -0.109. The van der Waals surface area contributed by atoms with Gasteiger partial charge >= 0.3 is 0 Å². The van der Waals surface area contributed by atoms with Crippen molar-refractivity contribution >= 4 is 38.2 Å². The second kappa shape index (κ2) is 7.48. The van der Waals surface area contributed by atoms with Crippen LogP contribution in [0.4, 0.5) is 11.4 Å². The molecule has 2 aromatic heterocycles. The monoisotopic (exact) mass is 430 g/mol. The van der Waals surface area contributed by atoms with E-state index in [0.717, 1.165) is 22.2 Å². The summed E-state index contributed by atoms with van der Waals surface area (Å²) < 4.78 is 24.8. The zero-order chi connectivity index (χ0) is 21.4. The van der Waals surface area contributed by atoms with Gasteiger partial charge in [0.05, 0.1) is 22.7 Å². The van der Waals surface area contributed by atoms with E-state index in [4.69, 9.17) is 0 Å². The highest BCUT2D eigenvalue weighted by molar-refractivity contribution is 7.94. The van der Waals surface area contributed by atoms with Crippen molar-refractivity contribution in [2.45, 2.75) is 0 Å². The molecular formula is C23H18N4O3S. The molecular weight excluding hydrogens is 412 g/mol. The van der Waals surface area contributed by atoms with Gasteiger partial charge in [0, 0.05) is 41.1 Å². The number of carbonyl (C=O) groups excluding carboxylic acids is 1. The van der Waals surface area contributed by atoms with Crippen molar-refractivity contribution in [1.29, 1.82) is 0 Å². The largest absolute Gasteiger partial charge is 0.322 e. The molecule has 0 unspecified atom stereocenters. The highest BCUT2D eigenvalue weighted by Gasteiger charge is 2.32. The lowest BCUT2D eigenvalue weighted by Crippen LogP contribution is -2.47. The van der Waals surface area contributed by atoms with E-state index < -0.39 is 10.0 Å². The molecule has 0 aliphatic carbocycles. The van der Waals surface area contributed by atoms with Crippen LogP contribution in [0.3, 0.4) is 0 Å². The van der Waals surface area contributed by atoms with Gasteiger partial charge in [0.1, 0.15) is 0 Å². The van der Waals surface area contributed by atoms with Crippen molar-refractivity contribution in [2.24, 2.45) is 0 Å². The molecule has 1 fully saturated rings. The zero-order valence-electron chi connectivity index (χ0n) is 16.4. The second-order valence-corrected chi connectivity index (χ2v) is 9.25. The van der Waals surface area contributed by atoms with Gasteiger partial charge in [-0.3, -0.25) is 14.1 Å². The van der Waals surface area contributed by atoms with E-state index in [1.54, 1.807) is 36.7 Å². The topological polar surface area (TPSA) is 92.3 Å². The summed E-state index contributed by atoms with van der Waals surface area (Å²) in [6.45, 7) is 0.472. The van der Waals surface area contributed by atoms with Crippen LogP contribution in [0.2, 0.25) is 0 Å². The van der Waals surface area contributed by atoms with Gasteiger partial charge in [-0.1, -0.05) is 12.1 Å². The van der Waals surface area contributed by atoms with Gasteiger partial charge < -0.3 is 5.32 Å². The van der Waals surface area contributed by atoms with Gasteiger partial charge in [0.15, 0.2) is 0 Å². The number of rotatable bonds is 4. The highest BCUT2D eigenvalue weighted by Crippen LogP contribution is 2.26. The molecule has 4 aromatic rings. The standard InChI is InChI=1S/C23H18N4O3S/c28-23(16-4-7-20(8-5-16)27-12-13-31(27,29)30)25-19-3-1-2-17(14-19)21-9-6-18-15-24-11-10-22(18)26-21/h1-11,14-15H,12-13H2,(H,25,28). The lowest BCUT2D eigenvalue weighted by molar-refractivity contribution is 0.102. The predicted molar refractivity (Wildman–Crippen MR) is 121 cm³/mol. The Morgan fingerprint density at radius 3 is 2.58 bits per heavy atom. The zero-order valence-corrected chi connectivity index (χ0v) is 17.2. The first kappa shape index (κ1) is 19.2. The Balaban J connectivity index is 1.34. The third kappa shape index (κ3) is 3.73. The summed E-state index contributed by atoms with van der Waals surface area (Å²) in [5.41, 5.74) is 4.20. The van der Waals surface area contributed by atoms with Crippen LogP contribution < -0.4 is 9.62 Å². The molecule has 1 amide bonds. The molecule has 1 aliphatic rings. The number of aromatic nitrogens is 2. The SMILES string of the molecule is O=C(Nc1cccc(-c2ccc3cnccc3n2)c1)c1ccc(N2CCS2(=O)=O)cc1. The summed E-state index contributed by atoms with van der Waals surface area (Å²) in [6, 6.07) is 19.8. The molecule has 1 saturated heterocycles. The van der Waals surface area contributed by atoms with Gasteiger partial charge in [-0.2, -0.15) is 0 Å². The minimum Gasteiger partial charge on any atom is -0.322 e. The van der Waals surface area contributed by atoms with E-state index in [2.05, 4.69) is 15.3 Å². The molecule has 8 heteroatoms. The minimum atomic E-state index is -3.18. The van der Waals surface area contributed by atoms with Crippen molar-refractivity contribution in [1.82, 2.24) is 9.97 Å². The Bertz CT molecular complexity index is 1400. The van der Waals surface area contributed by atoms with Gasteiger partial charge in [0.2, 0.25) is 10.0 Å². The summed E-state index contributed by atoms with van der Waals surface area (Å²) >= 11 is 0. The number of amides is 1. The molecule has 31 heavy (non-hydrogen) atoms. The average Bonchev–Trinajstić information content (AvgIpc) is 2.79. The molecule has 3 heterocycles. The van der Waals surface area contributed by atoms with Crippen LogP contribution in [0.5, 0.6) is 0 Å². The number of sulfonamides is 1. The number of pyridine rings is 2. The number of fused-ring (bicyclic) bond motifs is 1. The smallest absolute Gasteiger partial charge is 0.255 e. The fraction of sp³-hybridized carbons (Fsp3) is 0.0870. The lowest BCUT2D eigenvalue weighted by atomic mass is 10.1. The van der Waals surface area contributed by atoms with Crippen LogP contribution in [-0.4, -0.2) is 36.6 Å². The Kier molecular flexibility index (Phi) is 4.63.